The first kappa shape index (κ1) is 17.7. The summed E-state index contributed by atoms with van der Waals surface area (Å²) in [4.78, 5) is 31.3. The van der Waals surface area contributed by atoms with Crippen molar-refractivity contribution in [2.75, 3.05) is 18.9 Å². The molecule has 0 aliphatic heterocycles. The number of unbranched alkanes of at least 4 members (excludes halogenated alkanes) is 1. The van der Waals surface area contributed by atoms with Gasteiger partial charge in [0.05, 0.1) is 5.52 Å². The zero-order chi connectivity index (χ0) is 18.7. The second kappa shape index (κ2) is 7.38. The first-order chi connectivity index (χ1) is 12.5. The lowest BCUT2D eigenvalue weighted by Crippen LogP contribution is -2.28. The molecule has 2 amide bonds. The molecule has 3 aromatic rings. The molecule has 0 saturated heterocycles. The second-order valence-corrected chi connectivity index (χ2v) is 6.10. The summed E-state index contributed by atoms with van der Waals surface area (Å²) in [5, 5.41) is 6.38. The van der Waals surface area contributed by atoms with Crippen molar-refractivity contribution in [3.8, 4) is 0 Å². The number of carbonyl (C=O) groups is 2. The molecule has 0 bridgehead atoms. The Morgan fingerprint density at radius 1 is 1.35 bits per heavy atom. The van der Waals surface area contributed by atoms with E-state index in [1.165, 1.54) is 0 Å². The normalized spacial score (nSPS) is 10.9. The fraction of sp³-hybridized carbons (Fsp3) is 0.333. The zero-order valence-corrected chi connectivity index (χ0v) is 15.0. The maximum atomic E-state index is 12.8. The quantitative estimate of drug-likeness (QED) is 0.734. The van der Waals surface area contributed by atoms with Crippen LogP contribution in [-0.4, -0.2) is 44.8 Å². The molecule has 8 nitrogen and oxygen atoms in total. The van der Waals surface area contributed by atoms with Crippen molar-refractivity contribution < 1.29 is 14.1 Å². The summed E-state index contributed by atoms with van der Waals surface area (Å²) in [7, 11) is 1.74. The second-order valence-electron chi connectivity index (χ2n) is 6.10. The monoisotopic (exact) mass is 355 g/mol. The van der Waals surface area contributed by atoms with Gasteiger partial charge in [0.25, 0.3) is 11.8 Å². The van der Waals surface area contributed by atoms with Gasteiger partial charge in [-0.25, -0.2) is 4.98 Å². The molecule has 26 heavy (non-hydrogen) atoms. The van der Waals surface area contributed by atoms with Crippen LogP contribution in [0, 0.1) is 6.92 Å². The Kier molecular flexibility index (Phi) is 5.01. The molecule has 0 spiro atoms. The molecular formula is C18H21N5O3. The number of imidazole rings is 1. The maximum absolute atomic E-state index is 12.8. The van der Waals surface area contributed by atoms with Gasteiger partial charge in [-0.15, -0.1) is 0 Å². The van der Waals surface area contributed by atoms with Gasteiger partial charge >= 0.3 is 0 Å². The number of rotatable bonds is 6. The standard InChI is InChI=1S/C18H21N5O3/c1-4-5-9-22(3)18(25)15-13-8-6-7-10-23(13)16(20-15)17(24)19-14-11-12(2)26-21-14/h6-8,10-11H,4-5,9H2,1-3H3,(H,19,21,24). The topological polar surface area (TPSA) is 92.7 Å². The zero-order valence-electron chi connectivity index (χ0n) is 15.0. The van der Waals surface area contributed by atoms with Gasteiger partial charge in [0.15, 0.2) is 11.5 Å². The molecule has 1 N–H and O–H groups in total. The van der Waals surface area contributed by atoms with Crippen LogP contribution in [0.25, 0.3) is 5.52 Å². The molecule has 3 aromatic heterocycles. The van der Waals surface area contributed by atoms with E-state index >= 15 is 0 Å². The van der Waals surface area contributed by atoms with Crippen LogP contribution < -0.4 is 5.32 Å². The highest BCUT2D eigenvalue weighted by Crippen LogP contribution is 2.17. The van der Waals surface area contributed by atoms with Gasteiger partial charge in [0, 0.05) is 25.9 Å². The van der Waals surface area contributed by atoms with E-state index in [1.54, 1.807) is 47.7 Å². The summed E-state index contributed by atoms with van der Waals surface area (Å²) < 4.78 is 6.55. The van der Waals surface area contributed by atoms with E-state index in [-0.39, 0.29) is 17.4 Å². The van der Waals surface area contributed by atoms with Gasteiger partial charge in [-0.2, -0.15) is 0 Å². The van der Waals surface area contributed by atoms with Gasteiger partial charge in [-0.1, -0.05) is 24.6 Å². The van der Waals surface area contributed by atoms with Crippen molar-refractivity contribution in [1.29, 1.82) is 0 Å². The van der Waals surface area contributed by atoms with Crippen molar-refractivity contribution in [2.45, 2.75) is 26.7 Å². The average molecular weight is 355 g/mol. The summed E-state index contributed by atoms with van der Waals surface area (Å²) in [6.07, 6.45) is 3.60. The number of amides is 2. The van der Waals surface area contributed by atoms with E-state index < -0.39 is 5.91 Å². The summed E-state index contributed by atoms with van der Waals surface area (Å²) >= 11 is 0. The average Bonchev–Trinajstić information content (AvgIpc) is 3.22. The Balaban J connectivity index is 1.94. The van der Waals surface area contributed by atoms with Crippen molar-refractivity contribution in [3.63, 3.8) is 0 Å². The fourth-order valence-electron chi connectivity index (χ4n) is 2.63. The first-order valence-electron chi connectivity index (χ1n) is 8.48. The molecule has 8 heteroatoms. The number of nitrogens with one attached hydrogen (secondary N) is 1. The number of nitrogens with zero attached hydrogens (tertiary/aromatic N) is 4. The van der Waals surface area contributed by atoms with Crippen LogP contribution in [0.2, 0.25) is 0 Å². The first-order valence-corrected chi connectivity index (χ1v) is 8.48. The summed E-state index contributed by atoms with van der Waals surface area (Å²) in [5.74, 6) is 0.330. The largest absolute Gasteiger partial charge is 0.360 e. The number of aryl methyl sites for hydroxylation is 1. The van der Waals surface area contributed by atoms with Gasteiger partial charge in [0.1, 0.15) is 5.76 Å². The highest BCUT2D eigenvalue weighted by atomic mass is 16.5. The molecule has 3 rings (SSSR count). The van der Waals surface area contributed by atoms with Gasteiger partial charge in [0.2, 0.25) is 5.82 Å². The van der Waals surface area contributed by atoms with Crippen LogP contribution in [0.1, 0.15) is 46.6 Å². The Morgan fingerprint density at radius 3 is 2.85 bits per heavy atom. The molecular weight excluding hydrogens is 334 g/mol. The molecule has 0 saturated carbocycles. The van der Waals surface area contributed by atoms with E-state index in [2.05, 4.69) is 22.4 Å². The van der Waals surface area contributed by atoms with Crippen molar-refractivity contribution in [1.82, 2.24) is 19.4 Å². The minimum absolute atomic E-state index is 0.119. The number of anilines is 1. The smallest absolute Gasteiger partial charge is 0.293 e. The Morgan fingerprint density at radius 2 is 2.15 bits per heavy atom. The SMILES string of the molecule is CCCCN(C)C(=O)c1nc(C(=O)Nc2cc(C)on2)n2ccccc12. The van der Waals surface area contributed by atoms with E-state index in [4.69, 9.17) is 4.52 Å². The van der Waals surface area contributed by atoms with E-state index in [9.17, 15) is 9.59 Å². The minimum atomic E-state index is -0.463. The predicted molar refractivity (Wildman–Crippen MR) is 96.3 cm³/mol. The Hall–Kier alpha value is -3.16. The summed E-state index contributed by atoms with van der Waals surface area (Å²) in [6.45, 7) is 4.44. The molecule has 0 aromatic carbocycles. The lowest BCUT2D eigenvalue weighted by molar-refractivity contribution is 0.0790. The van der Waals surface area contributed by atoms with Gasteiger partial charge in [-0.3, -0.25) is 14.0 Å². The third-order valence-corrected chi connectivity index (χ3v) is 4.02. The van der Waals surface area contributed by atoms with E-state index in [1.807, 2.05) is 6.07 Å². The molecule has 136 valence electrons. The number of carbonyl (C=O) groups excluding carboxylic acids is 2. The highest BCUT2D eigenvalue weighted by molar-refractivity contribution is 6.05. The van der Waals surface area contributed by atoms with Crippen molar-refractivity contribution in [2.24, 2.45) is 0 Å². The molecule has 0 atom stereocenters. The third kappa shape index (κ3) is 3.44. The van der Waals surface area contributed by atoms with Crippen LogP contribution in [0.15, 0.2) is 35.0 Å². The number of hydrogen-bond acceptors (Lipinski definition) is 5. The van der Waals surface area contributed by atoms with Crippen LogP contribution in [0.4, 0.5) is 5.82 Å². The van der Waals surface area contributed by atoms with E-state index in [0.29, 0.717) is 23.6 Å². The Labute approximate surface area is 150 Å². The summed E-state index contributed by atoms with van der Waals surface area (Å²) in [5.41, 5.74) is 0.841. The molecule has 0 aliphatic carbocycles. The predicted octanol–water partition coefficient (Wildman–Crippen LogP) is 2.76. The number of hydrogen-bond donors (Lipinski definition) is 1. The highest BCUT2D eigenvalue weighted by Gasteiger charge is 2.24. The van der Waals surface area contributed by atoms with Gasteiger partial charge in [-0.05, 0) is 25.5 Å². The molecule has 0 fully saturated rings. The van der Waals surface area contributed by atoms with E-state index in [0.717, 1.165) is 12.8 Å². The number of pyridine rings is 1. The van der Waals surface area contributed by atoms with Crippen LogP contribution in [-0.2, 0) is 0 Å². The third-order valence-electron chi connectivity index (χ3n) is 4.02. The van der Waals surface area contributed by atoms with Crippen molar-refractivity contribution in [3.05, 3.63) is 47.7 Å². The van der Waals surface area contributed by atoms with Crippen molar-refractivity contribution >= 4 is 23.1 Å². The minimum Gasteiger partial charge on any atom is -0.360 e. The van der Waals surface area contributed by atoms with Crippen LogP contribution in [0.3, 0.4) is 0 Å². The lowest BCUT2D eigenvalue weighted by Gasteiger charge is -2.15. The van der Waals surface area contributed by atoms with Gasteiger partial charge < -0.3 is 14.7 Å². The number of fused-ring (bicyclic) bond motifs is 1. The Bertz CT molecular complexity index is 943. The maximum Gasteiger partial charge on any atom is 0.293 e. The van der Waals surface area contributed by atoms with Crippen LogP contribution in [0.5, 0.6) is 0 Å². The lowest BCUT2D eigenvalue weighted by atomic mass is 10.2. The molecule has 3 heterocycles. The number of aromatic nitrogens is 3. The molecule has 0 aliphatic rings. The van der Waals surface area contributed by atoms with Crippen LogP contribution >= 0.6 is 0 Å². The molecule has 0 unspecified atom stereocenters. The summed E-state index contributed by atoms with van der Waals surface area (Å²) in [6, 6.07) is 6.96. The molecule has 0 radical (unpaired) electrons. The fourth-order valence-corrected chi connectivity index (χ4v) is 2.63.